The molecule has 0 bridgehead atoms. The van der Waals surface area contributed by atoms with Crippen LogP contribution >= 0.6 is 23.6 Å². The van der Waals surface area contributed by atoms with E-state index in [0.717, 1.165) is 42.3 Å². The van der Waals surface area contributed by atoms with Crippen LogP contribution in [0, 0.1) is 0 Å². The van der Waals surface area contributed by atoms with E-state index in [4.69, 9.17) is 17.0 Å². The summed E-state index contributed by atoms with van der Waals surface area (Å²) in [7, 11) is 0. The van der Waals surface area contributed by atoms with Crippen LogP contribution in [0.15, 0.2) is 60.7 Å². The van der Waals surface area contributed by atoms with Crippen LogP contribution in [-0.2, 0) is 4.74 Å². The van der Waals surface area contributed by atoms with Crippen LogP contribution in [0.25, 0.3) is 10.4 Å². The number of carbonyl (C=O) groups is 1. The van der Waals surface area contributed by atoms with E-state index >= 15 is 0 Å². The van der Waals surface area contributed by atoms with Gasteiger partial charge in [0.2, 0.25) is 0 Å². The highest BCUT2D eigenvalue weighted by Crippen LogP contribution is 2.36. The van der Waals surface area contributed by atoms with Crippen molar-refractivity contribution in [3.05, 3.63) is 66.2 Å². The van der Waals surface area contributed by atoms with E-state index < -0.39 is 0 Å². The largest absolute Gasteiger partial charge is 0.508 e. The van der Waals surface area contributed by atoms with Crippen molar-refractivity contribution >= 4 is 45.3 Å². The maximum absolute atomic E-state index is 12.6. The molecule has 166 valence electrons. The van der Waals surface area contributed by atoms with E-state index in [1.807, 2.05) is 48.5 Å². The Morgan fingerprint density at radius 2 is 1.78 bits per heavy atom. The van der Waals surface area contributed by atoms with Crippen LogP contribution in [0.4, 0.5) is 10.7 Å². The van der Waals surface area contributed by atoms with E-state index in [2.05, 4.69) is 15.1 Å². The maximum Gasteiger partial charge on any atom is 0.341 e. The molecule has 0 unspecified atom stereocenters. The van der Waals surface area contributed by atoms with Gasteiger partial charge in [0.05, 0.1) is 12.2 Å². The molecule has 4 rings (SSSR count). The number of nitrogens with one attached hydrogen (secondary N) is 1. The lowest BCUT2D eigenvalue weighted by atomic mass is 10.1. The number of piperazine rings is 1. The minimum atomic E-state index is -0.353. The Balaban J connectivity index is 1.46. The molecule has 2 heterocycles. The highest BCUT2D eigenvalue weighted by molar-refractivity contribution is 7.80. The third-order valence-corrected chi connectivity index (χ3v) is 6.75. The molecule has 0 atom stereocenters. The predicted molar refractivity (Wildman–Crippen MR) is 134 cm³/mol. The summed E-state index contributed by atoms with van der Waals surface area (Å²) in [6.45, 7) is 5.27. The van der Waals surface area contributed by atoms with Gasteiger partial charge in [-0.05, 0) is 55.0 Å². The van der Waals surface area contributed by atoms with Gasteiger partial charge in [0.15, 0.2) is 5.11 Å². The second-order valence-electron chi connectivity index (χ2n) is 7.36. The first kappa shape index (κ1) is 22.1. The highest BCUT2D eigenvalue weighted by atomic mass is 32.1. The third-order valence-electron chi connectivity index (χ3n) is 5.29. The minimum absolute atomic E-state index is 0.265. The van der Waals surface area contributed by atoms with Crippen molar-refractivity contribution in [2.75, 3.05) is 43.0 Å². The number of thiophene rings is 1. The first-order chi connectivity index (χ1) is 15.5. The molecule has 0 amide bonds. The topological polar surface area (TPSA) is 65.0 Å². The molecule has 8 heteroatoms. The van der Waals surface area contributed by atoms with Crippen molar-refractivity contribution in [2.45, 2.75) is 6.92 Å². The first-order valence-corrected chi connectivity index (χ1v) is 11.7. The lowest BCUT2D eigenvalue weighted by Gasteiger charge is -2.37. The van der Waals surface area contributed by atoms with Gasteiger partial charge in [0.1, 0.15) is 10.8 Å². The number of hydrogen-bond acceptors (Lipinski definition) is 6. The zero-order valence-electron chi connectivity index (χ0n) is 17.8. The number of benzene rings is 2. The summed E-state index contributed by atoms with van der Waals surface area (Å²) in [5.41, 5.74) is 2.63. The fourth-order valence-electron chi connectivity index (χ4n) is 3.60. The van der Waals surface area contributed by atoms with Crippen LogP contribution < -0.4 is 10.2 Å². The maximum atomic E-state index is 12.6. The van der Waals surface area contributed by atoms with Gasteiger partial charge >= 0.3 is 5.97 Å². The molecule has 0 spiro atoms. The van der Waals surface area contributed by atoms with Crippen molar-refractivity contribution in [1.29, 1.82) is 0 Å². The van der Waals surface area contributed by atoms with Gasteiger partial charge in [-0.1, -0.05) is 30.3 Å². The van der Waals surface area contributed by atoms with Crippen LogP contribution in [0.3, 0.4) is 0 Å². The van der Waals surface area contributed by atoms with E-state index in [0.29, 0.717) is 22.3 Å². The number of esters is 1. The van der Waals surface area contributed by atoms with Gasteiger partial charge in [-0.15, -0.1) is 11.3 Å². The summed E-state index contributed by atoms with van der Waals surface area (Å²) < 4.78 is 5.26. The molecule has 3 aromatic rings. The summed E-state index contributed by atoms with van der Waals surface area (Å²) >= 11 is 7.18. The average Bonchev–Trinajstić information content (AvgIpc) is 3.24. The summed E-state index contributed by atoms with van der Waals surface area (Å²) in [5.74, 6) is -0.0885. The molecule has 1 fully saturated rings. The molecule has 0 radical (unpaired) electrons. The molecule has 2 N–H and O–H groups in total. The summed E-state index contributed by atoms with van der Waals surface area (Å²) in [5, 5.41) is 14.1. The lowest BCUT2D eigenvalue weighted by Crippen LogP contribution is -2.50. The molecule has 32 heavy (non-hydrogen) atoms. The summed E-state index contributed by atoms with van der Waals surface area (Å²) in [4.78, 5) is 17.9. The molecule has 6 nitrogen and oxygen atoms in total. The summed E-state index contributed by atoms with van der Waals surface area (Å²) in [6, 6.07) is 19.1. The number of aromatic hydroxyl groups is 1. The van der Waals surface area contributed by atoms with E-state index in [9.17, 15) is 9.90 Å². The third kappa shape index (κ3) is 5.03. The Bertz CT molecular complexity index is 1080. The fraction of sp³-hybridized carbons (Fsp3) is 0.250. The minimum Gasteiger partial charge on any atom is -0.508 e. The molecule has 0 saturated carbocycles. The second kappa shape index (κ2) is 10.0. The number of phenolic OH excluding ortho intramolecular Hbond substituents is 1. The quantitative estimate of drug-likeness (QED) is 0.412. The Hall–Kier alpha value is -3.10. The smallest absolute Gasteiger partial charge is 0.341 e. The number of nitrogens with zero attached hydrogens (tertiary/aromatic N) is 2. The van der Waals surface area contributed by atoms with Crippen molar-refractivity contribution in [1.82, 2.24) is 4.90 Å². The van der Waals surface area contributed by atoms with Gasteiger partial charge in [-0.25, -0.2) is 4.79 Å². The molecule has 1 aromatic heterocycles. The van der Waals surface area contributed by atoms with Crippen molar-refractivity contribution in [3.63, 3.8) is 0 Å². The molecular formula is C24H25N3O3S2. The molecular weight excluding hydrogens is 442 g/mol. The van der Waals surface area contributed by atoms with Gasteiger partial charge in [0.25, 0.3) is 0 Å². The Kier molecular flexibility index (Phi) is 6.92. The first-order valence-electron chi connectivity index (χ1n) is 10.5. The van der Waals surface area contributed by atoms with Crippen molar-refractivity contribution in [3.8, 4) is 16.2 Å². The van der Waals surface area contributed by atoms with Crippen molar-refractivity contribution in [2.24, 2.45) is 0 Å². The monoisotopic (exact) mass is 467 g/mol. The van der Waals surface area contributed by atoms with E-state index in [1.54, 1.807) is 19.1 Å². The number of hydrogen-bond donors (Lipinski definition) is 2. The highest BCUT2D eigenvalue weighted by Gasteiger charge is 2.23. The van der Waals surface area contributed by atoms with Crippen LogP contribution in [0.1, 0.15) is 17.3 Å². The molecule has 1 aliphatic heterocycles. The average molecular weight is 468 g/mol. The summed E-state index contributed by atoms with van der Waals surface area (Å²) in [6.07, 6.45) is 0. The predicted octanol–water partition coefficient (Wildman–Crippen LogP) is 4.82. The number of ether oxygens (including phenoxy) is 1. The Morgan fingerprint density at radius 3 is 2.44 bits per heavy atom. The number of anilines is 2. The SMILES string of the molecule is CCOC(=O)c1cc(-c2ccccc2)sc1NC(=S)N1CCN(c2ccc(O)cc2)CC1. The zero-order chi connectivity index (χ0) is 22.5. The lowest BCUT2D eigenvalue weighted by molar-refractivity contribution is 0.0528. The molecule has 0 aliphatic carbocycles. The number of phenols is 1. The fourth-order valence-corrected chi connectivity index (χ4v) is 5.00. The van der Waals surface area contributed by atoms with Gasteiger partial charge in [0, 0.05) is 36.7 Å². The second-order valence-corrected chi connectivity index (χ2v) is 8.80. The van der Waals surface area contributed by atoms with Gasteiger partial charge < -0.3 is 25.0 Å². The number of carbonyl (C=O) groups excluding carboxylic acids is 1. The number of rotatable bonds is 5. The van der Waals surface area contributed by atoms with E-state index in [1.165, 1.54) is 11.3 Å². The Labute approximate surface area is 197 Å². The van der Waals surface area contributed by atoms with E-state index in [-0.39, 0.29) is 11.7 Å². The molecule has 2 aromatic carbocycles. The number of thiocarbonyl (C=S) groups is 1. The van der Waals surface area contributed by atoms with Crippen LogP contribution in [-0.4, -0.2) is 53.9 Å². The zero-order valence-corrected chi connectivity index (χ0v) is 19.4. The molecule has 1 saturated heterocycles. The molecule has 1 aliphatic rings. The van der Waals surface area contributed by atoms with Gasteiger partial charge in [-0.2, -0.15) is 0 Å². The van der Waals surface area contributed by atoms with Crippen molar-refractivity contribution < 1.29 is 14.6 Å². The van der Waals surface area contributed by atoms with Crippen LogP contribution in [0.2, 0.25) is 0 Å². The van der Waals surface area contributed by atoms with Gasteiger partial charge in [-0.3, -0.25) is 0 Å². The standard InChI is InChI=1S/C24H25N3O3S2/c1-2-30-23(29)20-16-21(17-6-4-3-5-7-17)32-22(20)25-24(31)27-14-12-26(13-15-27)18-8-10-19(28)11-9-18/h3-11,16,28H,2,12-15H2,1H3,(H,25,31). The van der Waals surface area contributed by atoms with Crippen LogP contribution in [0.5, 0.6) is 5.75 Å². The Morgan fingerprint density at radius 1 is 1.09 bits per heavy atom. The normalized spacial score (nSPS) is 13.7.